The lowest BCUT2D eigenvalue weighted by Gasteiger charge is -2.15. The Balaban J connectivity index is 2.17. The van der Waals surface area contributed by atoms with E-state index >= 15 is 0 Å². The highest BCUT2D eigenvalue weighted by atomic mass is 19.1. The number of hydrogen-bond donors (Lipinski definition) is 1. The number of rotatable bonds is 4. The third-order valence-corrected chi connectivity index (χ3v) is 2.61. The Morgan fingerprint density at radius 2 is 2.05 bits per heavy atom. The summed E-state index contributed by atoms with van der Waals surface area (Å²) in [5.74, 6) is -1.02. The molecule has 0 bridgehead atoms. The fourth-order valence-corrected chi connectivity index (χ4v) is 1.70. The van der Waals surface area contributed by atoms with Gasteiger partial charge in [0.1, 0.15) is 0 Å². The number of pyridine rings is 1. The van der Waals surface area contributed by atoms with Crippen LogP contribution in [0.5, 0.6) is 0 Å². The van der Waals surface area contributed by atoms with E-state index in [1.54, 1.807) is 12.1 Å². The first kappa shape index (κ1) is 13.2. The Kier molecular flexibility index (Phi) is 4.20. The molecule has 0 spiro atoms. The summed E-state index contributed by atoms with van der Waals surface area (Å²) in [7, 11) is 1.43. The largest absolute Gasteiger partial charge is 0.367 e. The predicted molar refractivity (Wildman–Crippen MR) is 69.0 cm³/mol. The van der Waals surface area contributed by atoms with Crippen molar-refractivity contribution in [3.05, 3.63) is 60.2 Å². The van der Waals surface area contributed by atoms with Crippen LogP contribution in [0.2, 0.25) is 0 Å². The second kappa shape index (κ2) is 6.06. The molecule has 0 aliphatic carbocycles. The van der Waals surface area contributed by atoms with Crippen molar-refractivity contribution in [2.24, 2.45) is 0 Å². The van der Waals surface area contributed by atoms with Crippen molar-refractivity contribution >= 4 is 11.6 Å². The Bertz CT molecular complexity index is 560. The van der Waals surface area contributed by atoms with E-state index in [1.807, 2.05) is 18.2 Å². The van der Waals surface area contributed by atoms with Crippen LogP contribution in [-0.4, -0.2) is 18.0 Å². The Labute approximate surface area is 110 Å². The monoisotopic (exact) mass is 260 g/mol. The van der Waals surface area contributed by atoms with Crippen LogP contribution in [0, 0.1) is 5.82 Å². The Morgan fingerprint density at radius 3 is 2.68 bits per heavy atom. The zero-order valence-corrected chi connectivity index (χ0v) is 10.3. The molecule has 1 heterocycles. The quantitative estimate of drug-likeness (QED) is 0.919. The number of nitrogens with one attached hydrogen (secondary N) is 1. The van der Waals surface area contributed by atoms with Crippen molar-refractivity contribution in [3.63, 3.8) is 0 Å². The SMILES string of the molecule is COC(C(=O)Nc1ccncc1F)c1ccccc1. The first-order valence-corrected chi connectivity index (χ1v) is 5.70. The van der Waals surface area contributed by atoms with Crippen molar-refractivity contribution in [1.82, 2.24) is 4.98 Å². The van der Waals surface area contributed by atoms with Crippen LogP contribution < -0.4 is 5.32 Å². The zero-order chi connectivity index (χ0) is 13.7. The summed E-state index contributed by atoms with van der Waals surface area (Å²) in [6.07, 6.45) is 1.66. The van der Waals surface area contributed by atoms with E-state index in [0.29, 0.717) is 5.56 Å². The molecule has 1 aromatic carbocycles. The summed E-state index contributed by atoms with van der Waals surface area (Å²) in [6, 6.07) is 10.4. The van der Waals surface area contributed by atoms with Crippen molar-refractivity contribution in [3.8, 4) is 0 Å². The van der Waals surface area contributed by atoms with Gasteiger partial charge in [-0.25, -0.2) is 4.39 Å². The van der Waals surface area contributed by atoms with Gasteiger partial charge in [-0.2, -0.15) is 0 Å². The maximum Gasteiger partial charge on any atom is 0.258 e. The minimum Gasteiger partial charge on any atom is -0.367 e. The maximum absolute atomic E-state index is 13.4. The molecular weight excluding hydrogens is 247 g/mol. The van der Waals surface area contributed by atoms with Crippen LogP contribution in [0.15, 0.2) is 48.8 Å². The first-order chi connectivity index (χ1) is 9.22. The van der Waals surface area contributed by atoms with Gasteiger partial charge in [0.15, 0.2) is 11.9 Å². The minimum atomic E-state index is -0.784. The second-order valence-electron chi connectivity index (χ2n) is 3.87. The number of halogens is 1. The molecule has 2 rings (SSSR count). The average Bonchev–Trinajstić information content (AvgIpc) is 2.43. The number of aromatic nitrogens is 1. The molecule has 5 heteroatoms. The fraction of sp³-hybridized carbons (Fsp3) is 0.143. The number of carbonyl (C=O) groups is 1. The number of amides is 1. The van der Waals surface area contributed by atoms with Crippen LogP contribution >= 0.6 is 0 Å². The van der Waals surface area contributed by atoms with Gasteiger partial charge in [0, 0.05) is 13.3 Å². The highest BCUT2D eigenvalue weighted by Gasteiger charge is 2.20. The van der Waals surface area contributed by atoms with Crippen LogP contribution in [0.4, 0.5) is 10.1 Å². The Hall–Kier alpha value is -2.27. The molecule has 1 amide bonds. The molecule has 0 radical (unpaired) electrons. The van der Waals surface area contributed by atoms with Gasteiger partial charge in [-0.05, 0) is 11.6 Å². The summed E-state index contributed by atoms with van der Waals surface area (Å²) >= 11 is 0. The van der Waals surface area contributed by atoms with Crippen molar-refractivity contribution < 1.29 is 13.9 Å². The maximum atomic E-state index is 13.4. The number of benzene rings is 1. The molecule has 2 aromatic rings. The van der Waals surface area contributed by atoms with Gasteiger partial charge in [0.05, 0.1) is 11.9 Å². The van der Waals surface area contributed by atoms with Gasteiger partial charge >= 0.3 is 0 Å². The topological polar surface area (TPSA) is 51.2 Å². The molecule has 4 nitrogen and oxygen atoms in total. The first-order valence-electron chi connectivity index (χ1n) is 5.70. The van der Waals surface area contributed by atoms with E-state index in [9.17, 15) is 9.18 Å². The molecule has 1 N–H and O–H groups in total. The van der Waals surface area contributed by atoms with E-state index < -0.39 is 17.8 Å². The molecular formula is C14H13FN2O2. The predicted octanol–water partition coefficient (Wildman–Crippen LogP) is 2.55. The molecule has 19 heavy (non-hydrogen) atoms. The lowest BCUT2D eigenvalue weighted by molar-refractivity contribution is -0.126. The summed E-state index contributed by atoms with van der Waals surface area (Å²) in [6.45, 7) is 0. The summed E-state index contributed by atoms with van der Waals surface area (Å²) < 4.78 is 18.6. The zero-order valence-electron chi connectivity index (χ0n) is 10.3. The minimum absolute atomic E-state index is 0.0815. The highest BCUT2D eigenvalue weighted by Crippen LogP contribution is 2.19. The molecule has 0 saturated heterocycles. The van der Waals surface area contributed by atoms with E-state index in [0.717, 1.165) is 6.20 Å². The summed E-state index contributed by atoms with van der Waals surface area (Å²) in [5.41, 5.74) is 0.787. The van der Waals surface area contributed by atoms with Gasteiger partial charge in [-0.1, -0.05) is 30.3 Å². The van der Waals surface area contributed by atoms with E-state index in [1.165, 1.54) is 19.4 Å². The molecule has 0 saturated carbocycles. The third kappa shape index (κ3) is 3.14. The van der Waals surface area contributed by atoms with E-state index in [4.69, 9.17) is 4.74 Å². The van der Waals surface area contributed by atoms with Crippen molar-refractivity contribution in [1.29, 1.82) is 0 Å². The molecule has 1 atom stereocenters. The Morgan fingerprint density at radius 1 is 1.32 bits per heavy atom. The van der Waals surface area contributed by atoms with E-state index in [2.05, 4.69) is 10.3 Å². The van der Waals surface area contributed by atoms with Crippen LogP contribution in [0.3, 0.4) is 0 Å². The number of anilines is 1. The lowest BCUT2D eigenvalue weighted by atomic mass is 10.1. The molecule has 1 unspecified atom stereocenters. The fourth-order valence-electron chi connectivity index (χ4n) is 1.70. The van der Waals surface area contributed by atoms with Crippen LogP contribution in [-0.2, 0) is 9.53 Å². The number of nitrogens with zero attached hydrogens (tertiary/aromatic N) is 1. The number of hydrogen-bond acceptors (Lipinski definition) is 3. The summed E-state index contributed by atoms with van der Waals surface area (Å²) in [4.78, 5) is 15.7. The number of carbonyl (C=O) groups excluding carboxylic acids is 1. The molecule has 0 fully saturated rings. The number of methoxy groups -OCH3 is 1. The van der Waals surface area contributed by atoms with Crippen molar-refractivity contribution in [2.75, 3.05) is 12.4 Å². The molecule has 1 aromatic heterocycles. The molecule has 0 aliphatic rings. The second-order valence-corrected chi connectivity index (χ2v) is 3.87. The van der Waals surface area contributed by atoms with Gasteiger partial charge in [-0.3, -0.25) is 9.78 Å². The normalized spacial score (nSPS) is 11.9. The molecule has 98 valence electrons. The lowest BCUT2D eigenvalue weighted by Crippen LogP contribution is -2.23. The van der Waals surface area contributed by atoms with Gasteiger partial charge < -0.3 is 10.1 Å². The number of ether oxygens (including phenoxy) is 1. The average molecular weight is 260 g/mol. The standard InChI is InChI=1S/C14H13FN2O2/c1-19-13(10-5-3-2-4-6-10)14(18)17-12-7-8-16-9-11(12)15/h2-9,13H,1H3,(H,16,17,18). The van der Waals surface area contributed by atoms with Gasteiger partial charge in [0.25, 0.3) is 5.91 Å². The molecule has 0 aliphatic heterocycles. The van der Waals surface area contributed by atoms with Crippen molar-refractivity contribution in [2.45, 2.75) is 6.10 Å². The smallest absolute Gasteiger partial charge is 0.258 e. The highest BCUT2D eigenvalue weighted by molar-refractivity contribution is 5.94. The van der Waals surface area contributed by atoms with E-state index in [-0.39, 0.29) is 5.69 Å². The van der Waals surface area contributed by atoms with Crippen LogP contribution in [0.25, 0.3) is 0 Å². The summed E-state index contributed by atoms with van der Waals surface area (Å²) in [5, 5.41) is 2.48. The van der Waals surface area contributed by atoms with Crippen LogP contribution in [0.1, 0.15) is 11.7 Å². The van der Waals surface area contributed by atoms with Gasteiger partial charge in [-0.15, -0.1) is 0 Å². The van der Waals surface area contributed by atoms with Gasteiger partial charge in [0.2, 0.25) is 0 Å². The third-order valence-electron chi connectivity index (χ3n) is 2.61.